The predicted molar refractivity (Wildman–Crippen MR) is 66.2 cm³/mol. The minimum Gasteiger partial charge on any atom is -0.461 e. The van der Waals surface area contributed by atoms with Crippen molar-refractivity contribution in [3.8, 4) is 0 Å². The molecule has 2 nitrogen and oxygen atoms in total. The minimum absolute atomic E-state index is 0.0943. The summed E-state index contributed by atoms with van der Waals surface area (Å²) < 4.78 is 5.76. The lowest BCUT2D eigenvalue weighted by Gasteiger charge is -2.41. The number of hydrogen-bond acceptors (Lipinski definition) is 2. The molecule has 2 heteroatoms. The lowest BCUT2D eigenvalue weighted by molar-refractivity contribution is -0.149. The second-order valence-corrected chi connectivity index (χ2v) is 7.25. The molecule has 1 saturated heterocycles. The Labute approximate surface area is 104 Å². The lowest BCUT2D eigenvalue weighted by atomic mass is 9.60. The van der Waals surface area contributed by atoms with Gasteiger partial charge in [0.1, 0.15) is 6.10 Å². The van der Waals surface area contributed by atoms with Gasteiger partial charge in [0.05, 0.1) is 5.41 Å². The van der Waals surface area contributed by atoms with Gasteiger partial charge < -0.3 is 4.74 Å². The Morgan fingerprint density at radius 2 is 1.88 bits per heavy atom. The molecule has 3 fully saturated rings. The third kappa shape index (κ3) is 1.15. The van der Waals surface area contributed by atoms with Crippen molar-refractivity contribution in [1.29, 1.82) is 0 Å². The van der Waals surface area contributed by atoms with Gasteiger partial charge in [0.15, 0.2) is 0 Å². The van der Waals surface area contributed by atoms with E-state index in [1.807, 2.05) is 0 Å². The normalized spacial score (nSPS) is 51.7. The maximum absolute atomic E-state index is 12.3. The van der Waals surface area contributed by atoms with Gasteiger partial charge in [-0.05, 0) is 37.0 Å². The van der Waals surface area contributed by atoms with E-state index >= 15 is 0 Å². The average Bonchev–Trinajstić information content (AvgIpc) is 2.73. The van der Waals surface area contributed by atoms with E-state index in [1.54, 1.807) is 0 Å². The summed E-state index contributed by atoms with van der Waals surface area (Å²) in [5.41, 5.74) is -0.172. The van der Waals surface area contributed by atoms with E-state index in [4.69, 9.17) is 4.74 Å². The summed E-state index contributed by atoms with van der Waals surface area (Å²) in [4.78, 5) is 12.3. The SMILES string of the molecule is CC(C)C1C2CC3C1OC(=O)C3(C)C2C(C)C. The van der Waals surface area contributed by atoms with E-state index in [2.05, 4.69) is 34.6 Å². The molecule has 17 heavy (non-hydrogen) atoms. The van der Waals surface area contributed by atoms with Crippen LogP contribution in [0, 0.1) is 40.9 Å². The zero-order chi connectivity index (χ0) is 12.5. The zero-order valence-corrected chi connectivity index (χ0v) is 11.6. The Kier molecular flexibility index (Phi) is 2.22. The topological polar surface area (TPSA) is 26.3 Å². The monoisotopic (exact) mass is 236 g/mol. The number of rotatable bonds is 2. The van der Waals surface area contributed by atoms with Crippen LogP contribution in [0.25, 0.3) is 0 Å². The first kappa shape index (κ1) is 11.6. The first-order valence-corrected chi connectivity index (χ1v) is 7.10. The number of hydrogen-bond donors (Lipinski definition) is 0. The van der Waals surface area contributed by atoms with Crippen LogP contribution in [0.1, 0.15) is 41.0 Å². The van der Waals surface area contributed by atoms with Crippen LogP contribution in [0.5, 0.6) is 0 Å². The predicted octanol–water partition coefficient (Wildman–Crippen LogP) is 3.11. The van der Waals surface area contributed by atoms with Gasteiger partial charge >= 0.3 is 5.97 Å². The van der Waals surface area contributed by atoms with Crippen molar-refractivity contribution < 1.29 is 9.53 Å². The van der Waals surface area contributed by atoms with E-state index in [9.17, 15) is 4.79 Å². The molecular formula is C15H24O2. The second kappa shape index (κ2) is 3.27. The maximum atomic E-state index is 12.3. The quantitative estimate of drug-likeness (QED) is 0.689. The number of fused-ring (bicyclic) bond motifs is 1. The lowest BCUT2D eigenvalue weighted by Crippen LogP contribution is -2.44. The molecule has 2 saturated carbocycles. The molecular weight excluding hydrogens is 212 g/mol. The van der Waals surface area contributed by atoms with E-state index in [-0.39, 0.29) is 17.5 Å². The van der Waals surface area contributed by atoms with Gasteiger partial charge in [0.2, 0.25) is 0 Å². The fraction of sp³-hybridized carbons (Fsp3) is 0.933. The molecule has 0 aromatic carbocycles. The molecule has 6 atom stereocenters. The van der Waals surface area contributed by atoms with Gasteiger partial charge in [-0.15, -0.1) is 0 Å². The molecule has 0 radical (unpaired) electrons. The fourth-order valence-corrected chi connectivity index (χ4v) is 5.52. The van der Waals surface area contributed by atoms with Gasteiger partial charge in [-0.2, -0.15) is 0 Å². The molecule has 0 aromatic rings. The molecule has 1 heterocycles. The highest BCUT2D eigenvalue weighted by molar-refractivity contribution is 5.81. The highest BCUT2D eigenvalue weighted by Gasteiger charge is 2.73. The summed E-state index contributed by atoms with van der Waals surface area (Å²) >= 11 is 0. The van der Waals surface area contributed by atoms with Crippen molar-refractivity contribution in [2.45, 2.75) is 47.1 Å². The van der Waals surface area contributed by atoms with Crippen molar-refractivity contribution in [2.24, 2.45) is 40.9 Å². The van der Waals surface area contributed by atoms with Gasteiger partial charge in [-0.25, -0.2) is 0 Å². The Bertz CT molecular complexity index is 360. The van der Waals surface area contributed by atoms with Crippen LogP contribution < -0.4 is 0 Å². The molecule has 6 unspecified atom stereocenters. The van der Waals surface area contributed by atoms with E-state index in [1.165, 1.54) is 6.42 Å². The minimum atomic E-state index is -0.172. The summed E-state index contributed by atoms with van der Waals surface area (Å²) in [5.74, 6) is 3.66. The molecule has 3 aliphatic rings. The molecule has 3 rings (SSSR count). The van der Waals surface area contributed by atoms with Crippen molar-refractivity contribution in [1.82, 2.24) is 0 Å². The van der Waals surface area contributed by atoms with Crippen molar-refractivity contribution in [3.05, 3.63) is 0 Å². The second-order valence-electron chi connectivity index (χ2n) is 7.25. The third-order valence-corrected chi connectivity index (χ3v) is 5.89. The number of ether oxygens (including phenoxy) is 1. The highest BCUT2D eigenvalue weighted by Crippen LogP contribution is 2.69. The van der Waals surface area contributed by atoms with Crippen LogP contribution in [0.4, 0.5) is 0 Å². The summed E-state index contributed by atoms with van der Waals surface area (Å²) in [7, 11) is 0. The third-order valence-electron chi connectivity index (χ3n) is 5.89. The number of esters is 1. The standard InChI is InChI=1S/C15H24O2/c1-7(2)11-9-6-10-13(11)17-14(16)15(10,5)12(9)8(3)4/h7-13H,6H2,1-5H3. The molecule has 96 valence electrons. The average molecular weight is 236 g/mol. The van der Waals surface area contributed by atoms with Crippen molar-refractivity contribution in [3.63, 3.8) is 0 Å². The highest BCUT2D eigenvalue weighted by atomic mass is 16.6. The Hall–Kier alpha value is -0.530. The maximum Gasteiger partial charge on any atom is 0.312 e. The van der Waals surface area contributed by atoms with Crippen LogP contribution in [0.3, 0.4) is 0 Å². The van der Waals surface area contributed by atoms with Crippen molar-refractivity contribution >= 4 is 5.97 Å². The molecule has 2 aliphatic carbocycles. The Morgan fingerprint density at radius 3 is 2.41 bits per heavy atom. The molecule has 0 aromatic heterocycles. The van der Waals surface area contributed by atoms with E-state index < -0.39 is 0 Å². The van der Waals surface area contributed by atoms with Gasteiger partial charge in [0.25, 0.3) is 0 Å². The summed E-state index contributed by atoms with van der Waals surface area (Å²) in [6.07, 6.45) is 1.45. The van der Waals surface area contributed by atoms with Gasteiger partial charge in [0, 0.05) is 11.8 Å². The molecule has 1 aliphatic heterocycles. The number of carbonyl (C=O) groups excluding carboxylic acids is 1. The summed E-state index contributed by atoms with van der Waals surface area (Å²) in [6, 6.07) is 0. The largest absolute Gasteiger partial charge is 0.461 e. The molecule has 0 N–H and O–H groups in total. The van der Waals surface area contributed by atoms with Crippen LogP contribution in [-0.2, 0) is 9.53 Å². The Morgan fingerprint density at radius 1 is 1.24 bits per heavy atom. The first-order valence-electron chi connectivity index (χ1n) is 7.10. The number of carbonyl (C=O) groups is 1. The smallest absolute Gasteiger partial charge is 0.312 e. The molecule has 2 bridgehead atoms. The van der Waals surface area contributed by atoms with Crippen LogP contribution in [-0.4, -0.2) is 12.1 Å². The Balaban J connectivity index is 2.06. The zero-order valence-electron chi connectivity index (χ0n) is 11.6. The van der Waals surface area contributed by atoms with Crippen LogP contribution >= 0.6 is 0 Å². The van der Waals surface area contributed by atoms with Crippen LogP contribution in [0.2, 0.25) is 0 Å². The fourth-order valence-electron chi connectivity index (χ4n) is 5.52. The van der Waals surface area contributed by atoms with E-state index in [0.717, 1.165) is 0 Å². The van der Waals surface area contributed by atoms with Crippen LogP contribution in [0.15, 0.2) is 0 Å². The van der Waals surface area contributed by atoms with Gasteiger partial charge in [-0.3, -0.25) is 4.79 Å². The summed E-state index contributed by atoms with van der Waals surface area (Å²) in [6.45, 7) is 11.3. The first-order chi connectivity index (χ1) is 7.89. The van der Waals surface area contributed by atoms with Crippen molar-refractivity contribution in [2.75, 3.05) is 0 Å². The molecule has 0 spiro atoms. The van der Waals surface area contributed by atoms with Gasteiger partial charge in [-0.1, -0.05) is 27.7 Å². The summed E-state index contributed by atoms with van der Waals surface area (Å²) in [5, 5.41) is 0. The molecule has 0 amide bonds. The van der Waals surface area contributed by atoms with E-state index in [0.29, 0.717) is 35.5 Å².